The molecule has 2 aromatic heterocycles. The second-order valence-corrected chi connectivity index (χ2v) is 21.7. The van der Waals surface area contributed by atoms with E-state index in [4.69, 9.17) is 41.7 Å². The molecule has 0 radical (unpaired) electrons. The Morgan fingerprint density at radius 2 is 0.971 bits per heavy atom. The number of anilines is 2. The van der Waals surface area contributed by atoms with E-state index < -0.39 is 11.8 Å². The van der Waals surface area contributed by atoms with Crippen molar-refractivity contribution in [3.8, 4) is 0 Å². The Hall–Kier alpha value is -3.66. The number of benzene rings is 2. The largest absolute Gasteiger partial charge is 0.377 e. The van der Waals surface area contributed by atoms with E-state index in [1.165, 1.54) is 12.8 Å². The van der Waals surface area contributed by atoms with Crippen molar-refractivity contribution >= 4 is 68.6 Å². The number of ether oxygens (including phenoxy) is 2. The van der Waals surface area contributed by atoms with Gasteiger partial charge in [-0.3, -0.25) is 19.4 Å². The molecule has 4 aromatic rings. The maximum atomic E-state index is 14.7. The van der Waals surface area contributed by atoms with Gasteiger partial charge in [-0.05, 0) is 152 Å². The predicted molar refractivity (Wildman–Crippen MR) is 267 cm³/mol. The van der Waals surface area contributed by atoms with Crippen LogP contribution in [0.1, 0.15) is 103 Å². The molecule has 0 bridgehead atoms. The second-order valence-electron chi connectivity index (χ2n) is 20.8. The monoisotopic (exact) mass is 974 g/mol. The fraction of sp³-hybridized carbons (Fsp3) is 0.692. The number of amides is 2. The van der Waals surface area contributed by atoms with Crippen LogP contribution < -0.4 is 20.4 Å². The van der Waals surface area contributed by atoms with E-state index in [1.54, 1.807) is 0 Å². The van der Waals surface area contributed by atoms with Gasteiger partial charge in [-0.25, -0.2) is 0 Å². The molecule has 6 aliphatic rings. The van der Waals surface area contributed by atoms with Crippen LogP contribution in [-0.2, 0) is 19.1 Å². The molecule has 4 aliphatic heterocycles. The molecule has 4 atom stereocenters. The van der Waals surface area contributed by atoms with Crippen molar-refractivity contribution in [1.82, 2.24) is 30.7 Å². The summed E-state index contributed by atoms with van der Waals surface area (Å²) in [6, 6.07) is 11.7. The Balaban J connectivity index is 0.684. The summed E-state index contributed by atoms with van der Waals surface area (Å²) in [5, 5.41) is 19.1. The molecule has 16 heteroatoms. The number of carbonyl (C=O) groups excluding carboxylic acids is 2. The Bertz CT molecular complexity index is 2110. The first-order chi connectivity index (χ1) is 33.3. The molecule has 2 aliphatic carbocycles. The van der Waals surface area contributed by atoms with Gasteiger partial charge in [0.15, 0.2) is 22.8 Å². The quantitative estimate of drug-likeness (QED) is 0.118. The van der Waals surface area contributed by atoms with Crippen LogP contribution in [0.2, 0.25) is 10.0 Å². The minimum Gasteiger partial charge on any atom is -0.377 e. The Kier molecular flexibility index (Phi) is 16.0. The molecule has 2 aromatic carbocycles. The number of rotatable bonds is 15. The standard InChI is InChI=1S/C52H72Cl2N8O6/c53-37-11-17-41-45(33-37)67-57-49(41)61-27-23-59(24-28-61)21-19-35-7-13-39(14-8-35)55-51(63)47(43-5-1-3-31-65-43)48(44-6-2-4-32-66-44)52(64)56-40-15-9-36(10-16-40)20-22-60-25-29-62(30-26-60)50-42-18-12-38(54)34-46(42)68-58-50/h11-12,17-18,33-36,39-40,43-44,47-48H,1-10,13-16,19-32H2,(H,55,63)(H,56,64). The van der Waals surface area contributed by atoms with Crippen molar-refractivity contribution in [2.75, 3.05) is 88.5 Å². The molecule has 6 fully saturated rings. The average molecular weight is 976 g/mol. The zero-order valence-corrected chi connectivity index (χ0v) is 41.3. The summed E-state index contributed by atoms with van der Waals surface area (Å²) in [5.41, 5.74) is 1.46. The highest BCUT2D eigenvalue weighted by atomic mass is 35.5. The summed E-state index contributed by atoms with van der Waals surface area (Å²) in [5.74, 6) is 1.95. The van der Waals surface area contributed by atoms with E-state index in [9.17, 15) is 9.59 Å². The first-order valence-corrected chi connectivity index (χ1v) is 27.0. The average Bonchev–Trinajstić information content (AvgIpc) is 4.00. The van der Waals surface area contributed by atoms with E-state index in [0.717, 1.165) is 189 Å². The van der Waals surface area contributed by atoms with Crippen LogP contribution in [-0.4, -0.2) is 135 Å². The SMILES string of the molecule is O=C(NC1CCC(CCN2CCN(c3noc4cc(Cl)ccc34)CC2)CC1)C(C1CCCCO1)C(C(=O)NC1CCC(CCN2CCN(c3noc4cc(Cl)ccc34)CC2)CC1)C1CCCCO1. The maximum Gasteiger partial charge on any atom is 0.226 e. The number of aromatic nitrogens is 2. The van der Waals surface area contributed by atoms with Crippen molar-refractivity contribution in [2.45, 2.75) is 127 Å². The fourth-order valence-corrected chi connectivity index (χ4v) is 12.7. The summed E-state index contributed by atoms with van der Waals surface area (Å²) in [6.07, 6.45) is 15.7. The van der Waals surface area contributed by atoms with Crippen molar-refractivity contribution in [1.29, 1.82) is 0 Å². The van der Waals surface area contributed by atoms with Crippen LogP contribution >= 0.6 is 23.2 Å². The molecule has 14 nitrogen and oxygen atoms in total. The van der Waals surface area contributed by atoms with Gasteiger partial charge in [-0.1, -0.05) is 33.5 Å². The Morgan fingerprint density at radius 1 is 0.559 bits per heavy atom. The molecule has 4 unspecified atom stereocenters. The van der Waals surface area contributed by atoms with Gasteiger partial charge >= 0.3 is 0 Å². The number of hydrogen-bond donors (Lipinski definition) is 2. The van der Waals surface area contributed by atoms with Gasteiger partial charge in [0.25, 0.3) is 0 Å². The number of piperazine rings is 2. The van der Waals surface area contributed by atoms with Crippen molar-refractivity contribution in [3.05, 3.63) is 46.4 Å². The third kappa shape index (κ3) is 11.6. The topological polar surface area (TPSA) is 142 Å². The van der Waals surface area contributed by atoms with Crippen molar-refractivity contribution < 1.29 is 28.1 Å². The summed E-state index contributed by atoms with van der Waals surface area (Å²) in [6.45, 7) is 11.1. The second kappa shape index (κ2) is 22.6. The lowest BCUT2D eigenvalue weighted by atomic mass is 9.76. The third-order valence-corrected chi connectivity index (χ3v) is 17.0. The van der Waals surface area contributed by atoms with E-state index in [2.05, 4.69) is 40.5 Å². The van der Waals surface area contributed by atoms with Crippen LogP contribution in [0.5, 0.6) is 0 Å². The van der Waals surface area contributed by atoms with Crippen LogP contribution in [0.4, 0.5) is 11.6 Å². The summed E-state index contributed by atoms with van der Waals surface area (Å²) < 4.78 is 24.0. The molecule has 2 N–H and O–H groups in total. The number of nitrogens with one attached hydrogen (secondary N) is 2. The lowest BCUT2D eigenvalue weighted by molar-refractivity contribution is -0.155. The van der Waals surface area contributed by atoms with Gasteiger partial charge < -0.3 is 39.0 Å². The smallest absolute Gasteiger partial charge is 0.226 e. The Labute approximate surface area is 411 Å². The van der Waals surface area contributed by atoms with Crippen molar-refractivity contribution in [2.24, 2.45) is 23.7 Å². The van der Waals surface area contributed by atoms with E-state index in [0.29, 0.717) is 35.1 Å². The third-order valence-electron chi connectivity index (χ3n) is 16.5. The van der Waals surface area contributed by atoms with Crippen LogP contribution in [0.15, 0.2) is 45.4 Å². The number of halogens is 2. The summed E-state index contributed by atoms with van der Waals surface area (Å²) in [4.78, 5) is 39.2. The molecule has 6 heterocycles. The molecule has 370 valence electrons. The highest BCUT2D eigenvalue weighted by molar-refractivity contribution is 6.31. The van der Waals surface area contributed by atoms with Crippen molar-refractivity contribution in [3.63, 3.8) is 0 Å². The molecule has 4 saturated heterocycles. The van der Waals surface area contributed by atoms with Gasteiger partial charge in [0, 0.05) is 99.8 Å². The summed E-state index contributed by atoms with van der Waals surface area (Å²) in [7, 11) is 0. The van der Waals surface area contributed by atoms with Gasteiger partial charge in [0.05, 0.1) is 34.8 Å². The molecule has 68 heavy (non-hydrogen) atoms. The molecular formula is C52H72Cl2N8O6. The first kappa shape index (κ1) is 48.0. The first-order valence-electron chi connectivity index (χ1n) is 26.2. The van der Waals surface area contributed by atoms with E-state index in [1.807, 2.05) is 36.4 Å². The van der Waals surface area contributed by atoms with Gasteiger partial charge in [-0.15, -0.1) is 0 Å². The number of nitrogens with zero attached hydrogens (tertiary/aromatic N) is 6. The van der Waals surface area contributed by atoms with Gasteiger partial charge in [0.1, 0.15) is 0 Å². The number of carbonyl (C=O) groups is 2. The van der Waals surface area contributed by atoms with Crippen LogP contribution in [0.25, 0.3) is 21.9 Å². The number of hydrogen-bond acceptors (Lipinski definition) is 12. The molecule has 0 spiro atoms. The minimum atomic E-state index is -0.568. The molecular weight excluding hydrogens is 904 g/mol. The van der Waals surface area contributed by atoms with Crippen LogP contribution in [0.3, 0.4) is 0 Å². The minimum absolute atomic E-state index is 0.0145. The highest BCUT2D eigenvalue weighted by Crippen LogP contribution is 2.37. The maximum absolute atomic E-state index is 14.7. The zero-order chi connectivity index (χ0) is 46.4. The van der Waals surface area contributed by atoms with Gasteiger partial charge in [-0.2, -0.15) is 0 Å². The summed E-state index contributed by atoms with van der Waals surface area (Å²) >= 11 is 12.3. The molecule has 2 saturated carbocycles. The van der Waals surface area contributed by atoms with Gasteiger partial charge in [0.2, 0.25) is 11.8 Å². The lowest BCUT2D eigenvalue weighted by Gasteiger charge is -2.41. The predicted octanol–water partition coefficient (Wildman–Crippen LogP) is 8.72. The Morgan fingerprint density at radius 3 is 1.35 bits per heavy atom. The highest BCUT2D eigenvalue weighted by Gasteiger charge is 2.47. The molecule has 2 amide bonds. The van der Waals surface area contributed by atoms with E-state index >= 15 is 0 Å². The fourth-order valence-electron chi connectivity index (χ4n) is 12.4. The lowest BCUT2D eigenvalue weighted by Crippen LogP contribution is -2.56. The zero-order valence-electron chi connectivity index (χ0n) is 39.8. The normalized spacial score (nSPS) is 27.9. The number of fused-ring (bicyclic) bond motifs is 2. The van der Waals surface area contributed by atoms with E-state index in [-0.39, 0.29) is 36.1 Å². The molecule has 10 rings (SSSR count). The van der Waals surface area contributed by atoms with Crippen LogP contribution in [0, 0.1) is 23.7 Å².